The molecule has 1 heterocycles. The molecule has 0 saturated carbocycles. The van der Waals surface area contributed by atoms with Gasteiger partial charge in [0.2, 0.25) is 0 Å². The van der Waals surface area contributed by atoms with E-state index in [-0.39, 0.29) is 5.69 Å². The molecule has 12 heavy (non-hydrogen) atoms. The minimum atomic E-state index is -5.01. The molecule has 0 aliphatic heterocycles. The van der Waals surface area contributed by atoms with Gasteiger partial charge in [-0.1, -0.05) is 11.5 Å². The van der Waals surface area contributed by atoms with E-state index in [4.69, 9.17) is 0 Å². The van der Waals surface area contributed by atoms with E-state index in [2.05, 4.69) is 4.98 Å². The van der Waals surface area contributed by atoms with Gasteiger partial charge < -0.3 is 12.9 Å². The summed E-state index contributed by atoms with van der Waals surface area (Å²) in [5, 5.41) is 0. The monoisotopic (exact) mass is 178 g/mol. The molecule has 0 fully saturated rings. The Morgan fingerprint density at radius 2 is 1.92 bits per heavy atom. The molecule has 6 heteroatoms. The summed E-state index contributed by atoms with van der Waals surface area (Å²) >= 11 is 0. The van der Waals surface area contributed by atoms with Crippen LogP contribution in [0.25, 0.3) is 0 Å². The number of alkyl halides is 1. The Hall–Kier alpha value is -1.07. The molecular weight excluding hydrogens is 173 g/mol. The largest absolute Gasteiger partial charge is 0.511 e. The van der Waals surface area contributed by atoms with Crippen molar-refractivity contribution in [2.75, 3.05) is 0 Å². The van der Waals surface area contributed by atoms with Gasteiger partial charge in [0, 0.05) is 6.20 Å². The molecule has 1 aromatic heterocycles. The Balaban J connectivity index is 2.93. The quantitative estimate of drug-likeness (QED) is 0.495. The number of halogens is 4. The fraction of sp³-hybridized carbons (Fsp3) is 0.167. The topological polar surface area (TPSA) is 12.9 Å². The summed E-state index contributed by atoms with van der Waals surface area (Å²) in [4.78, 5) is 3.28. The number of rotatable bonds is 2. The molecule has 0 N–H and O–H groups in total. The Labute approximate surface area is 66.5 Å². The predicted molar refractivity (Wildman–Crippen MR) is 37.8 cm³/mol. The van der Waals surface area contributed by atoms with E-state index >= 15 is 0 Å². The van der Waals surface area contributed by atoms with Gasteiger partial charge in [-0.25, -0.2) is 4.39 Å². The highest BCUT2D eigenvalue weighted by Gasteiger charge is 2.25. The van der Waals surface area contributed by atoms with E-state index < -0.39 is 19.1 Å². The summed E-state index contributed by atoms with van der Waals surface area (Å²) in [5.74, 6) is 0. The van der Waals surface area contributed by atoms with Crippen LogP contribution in [0.15, 0.2) is 18.3 Å². The van der Waals surface area contributed by atoms with Gasteiger partial charge in [-0.3, -0.25) is 4.98 Å². The van der Waals surface area contributed by atoms with Crippen molar-refractivity contribution in [1.82, 2.24) is 4.98 Å². The van der Waals surface area contributed by atoms with Crippen molar-refractivity contribution < 1.29 is 17.3 Å². The molecular formula is C6H5BF4N-. The third-order valence-electron chi connectivity index (χ3n) is 1.36. The second-order valence-corrected chi connectivity index (χ2v) is 2.29. The molecule has 0 unspecified atom stereocenters. The zero-order valence-corrected chi connectivity index (χ0v) is 5.98. The predicted octanol–water partition coefficient (Wildman–Crippen LogP) is 1.61. The van der Waals surface area contributed by atoms with Gasteiger partial charge in [0.05, 0.1) is 5.69 Å². The van der Waals surface area contributed by atoms with E-state index in [0.717, 1.165) is 12.1 Å². The zero-order chi connectivity index (χ0) is 9.19. The van der Waals surface area contributed by atoms with E-state index in [0.29, 0.717) is 6.20 Å². The fourth-order valence-electron chi connectivity index (χ4n) is 0.709. The molecule has 0 radical (unpaired) electrons. The number of nitrogens with zero attached hydrogens (tertiary/aromatic N) is 1. The van der Waals surface area contributed by atoms with E-state index in [9.17, 15) is 17.3 Å². The maximum Gasteiger partial charge on any atom is 0.511 e. The molecule has 0 amide bonds. The van der Waals surface area contributed by atoms with Crippen LogP contribution in [0, 0.1) is 0 Å². The lowest BCUT2D eigenvalue weighted by molar-refractivity contribution is 0.475. The first-order chi connectivity index (χ1) is 5.54. The summed E-state index contributed by atoms with van der Waals surface area (Å²) in [6.07, 6.45) is 0.648. The minimum Gasteiger partial charge on any atom is -0.445 e. The number of aromatic nitrogens is 1. The maximum atomic E-state index is 12.0. The summed E-state index contributed by atoms with van der Waals surface area (Å²) in [6, 6.07) is 1.87. The van der Waals surface area contributed by atoms with Crippen LogP contribution in [-0.4, -0.2) is 12.0 Å². The van der Waals surface area contributed by atoms with Crippen LogP contribution in [-0.2, 0) is 6.67 Å². The Bertz CT molecular complexity index is 255. The highest BCUT2D eigenvalue weighted by molar-refractivity contribution is 6.73. The Morgan fingerprint density at radius 3 is 2.25 bits per heavy atom. The number of pyridine rings is 1. The first kappa shape index (κ1) is 9.03. The van der Waals surface area contributed by atoms with Crippen LogP contribution in [0.3, 0.4) is 0 Å². The molecule has 0 aromatic carbocycles. The first-order valence-corrected chi connectivity index (χ1v) is 3.25. The van der Waals surface area contributed by atoms with E-state index in [1.54, 1.807) is 0 Å². The van der Waals surface area contributed by atoms with Crippen LogP contribution < -0.4 is 5.46 Å². The third-order valence-corrected chi connectivity index (χ3v) is 1.36. The lowest BCUT2D eigenvalue weighted by Crippen LogP contribution is -2.34. The molecule has 0 saturated heterocycles. The second kappa shape index (κ2) is 3.12. The van der Waals surface area contributed by atoms with Crippen molar-refractivity contribution in [1.29, 1.82) is 0 Å². The summed E-state index contributed by atoms with van der Waals surface area (Å²) < 4.78 is 47.7. The number of hydrogen-bond donors (Lipinski definition) is 0. The van der Waals surface area contributed by atoms with Crippen molar-refractivity contribution in [3.63, 3.8) is 0 Å². The lowest BCUT2D eigenvalue weighted by atomic mass is 9.81. The van der Waals surface area contributed by atoms with Crippen LogP contribution >= 0.6 is 0 Å². The Kier molecular flexibility index (Phi) is 2.35. The zero-order valence-electron chi connectivity index (χ0n) is 5.98. The molecule has 0 bridgehead atoms. The average Bonchev–Trinajstić information content (AvgIpc) is 2.03. The SMILES string of the molecule is FCc1ccc([B-](F)(F)F)cn1. The van der Waals surface area contributed by atoms with Gasteiger partial charge in [-0.2, -0.15) is 0 Å². The average molecular weight is 178 g/mol. The van der Waals surface area contributed by atoms with Gasteiger partial charge in [-0.05, 0) is 6.07 Å². The Morgan fingerprint density at radius 1 is 1.25 bits per heavy atom. The van der Waals surface area contributed by atoms with Crippen molar-refractivity contribution in [3.8, 4) is 0 Å². The van der Waals surface area contributed by atoms with Gasteiger partial charge in [0.15, 0.2) is 0 Å². The van der Waals surface area contributed by atoms with Crippen LogP contribution in [0.1, 0.15) is 5.69 Å². The smallest absolute Gasteiger partial charge is 0.445 e. The second-order valence-electron chi connectivity index (χ2n) is 2.29. The fourth-order valence-corrected chi connectivity index (χ4v) is 0.709. The summed E-state index contributed by atoms with van der Waals surface area (Å²) in [7, 11) is 0. The van der Waals surface area contributed by atoms with Crippen LogP contribution in [0.2, 0.25) is 0 Å². The maximum absolute atomic E-state index is 12.0. The summed E-state index contributed by atoms with van der Waals surface area (Å²) in [6.45, 7) is -5.85. The third kappa shape index (κ3) is 1.96. The summed E-state index contributed by atoms with van der Waals surface area (Å²) in [5.41, 5.74) is -0.786. The van der Waals surface area contributed by atoms with Crippen molar-refractivity contribution in [3.05, 3.63) is 24.0 Å². The van der Waals surface area contributed by atoms with Crippen LogP contribution in [0.4, 0.5) is 17.3 Å². The highest BCUT2D eigenvalue weighted by atomic mass is 19.4. The van der Waals surface area contributed by atoms with Crippen molar-refractivity contribution in [2.24, 2.45) is 0 Å². The normalized spacial score (nSPS) is 11.7. The van der Waals surface area contributed by atoms with Gasteiger partial charge in [-0.15, -0.1) is 0 Å². The molecule has 0 aliphatic carbocycles. The van der Waals surface area contributed by atoms with E-state index in [1.165, 1.54) is 0 Å². The molecule has 1 aromatic rings. The van der Waals surface area contributed by atoms with Gasteiger partial charge in [0.25, 0.3) is 0 Å². The highest BCUT2D eigenvalue weighted by Crippen LogP contribution is 2.08. The molecule has 66 valence electrons. The van der Waals surface area contributed by atoms with E-state index in [1.807, 2.05) is 0 Å². The molecule has 0 atom stereocenters. The molecule has 1 nitrogen and oxygen atoms in total. The number of hydrogen-bond acceptors (Lipinski definition) is 1. The lowest BCUT2D eigenvalue weighted by Gasteiger charge is -2.13. The van der Waals surface area contributed by atoms with Crippen molar-refractivity contribution in [2.45, 2.75) is 6.67 Å². The standard InChI is InChI=1S/C6H5BF4N/c8-3-6-2-1-5(4-12-6)7(9,10)11/h1-2,4H,3H2/q-1. The van der Waals surface area contributed by atoms with Crippen molar-refractivity contribution >= 4 is 12.4 Å². The van der Waals surface area contributed by atoms with Gasteiger partial charge in [0.1, 0.15) is 6.67 Å². The van der Waals surface area contributed by atoms with Crippen LogP contribution in [0.5, 0.6) is 0 Å². The molecule has 1 rings (SSSR count). The minimum absolute atomic E-state index is 0.0128. The first-order valence-electron chi connectivity index (χ1n) is 3.25. The molecule has 0 spiro atoms. The molecule has 0 aliphatic rings. The van der Waals surface area contributed by atoms with Gasteiger partial charge >= 0.3 is 6.98 Å².